The van der Waals surface area contributed by atoms with Gasteiger partial charge >= 0.3 is 11.9 Å². The van der Waals surface area contributed by atoms with Crippen LogP contribution in [0.25, 0.3) is 5.52 Å². The maximum absolute atomic E-state index is 13.1. The lowest BCUT2D eigenvalue weighted by Crippen LogP contribution is -2.13. The molecule has 0 fully saturated rings. The molecule has 0 bridgehead atoms. The van der Waals surface area contributed by atoms with Crippen LogP contribution in [0.4, 0.5) is 0 Å². The van der Waals surface area contributed by atoms with Crippen molar-refractivity contribution in [2.75, 3.05) is 0 Å². The summed E-state index contributed by atoms with van der Waals surface area (Å²) in [6.45, 7) is 5.37. The van der Waals surface area contributed by atoms with Gasteiger partial charge in [0, 0.05) is 11.8 Å². The van der Waals surface area contributed by atoms with Crippen LogP contribution in [0.2, 0.25) is 0 Å². The largest absolute Gasteiger partial charge is 0.478 e. The number of aryl methyl sites for hydroxylation is 3. The highest BCUT2D eigenvalue weighted by atomic mass is 16.4. The molecule has 2 aromatic heterocycles. The van der Waals surface area contributed by atoms with Gasteiger partial charge in [-0.15, -0.1) is 0 Å². The summed E-state index contributed by atoms with van der Waals surface area (Å²) in [6, 6.07) is 8.46. The third kappa shape index (κ3) is 2.65. The van der Waals surface area contributed by atoms with Gasteiger partial charge in [-0.05, 0) is 31.9 Å². The molecule has 26 heavy (non-hydrogen) atoms. The number of fused-ring (bicyclic) bond motifs is 1. The highest BCUT2D eigenvalue weighted by molar-refractivity contribution is 6.19. The SMILES string of the molecule is Cc1ccc(C(=O)c2c(C(=O)O)c(C(=O)O)c3c(C)cc(C)cn23)cc1. The number of benzene rings is 1. The number of rotatable bonds is 4. The van der Waals surface area contributed by atoms with E-state index in [4.69, 9.17) is 0 Å². The van der Waals surface area contributed by atoms with Crippen LogP contribution >= 0.6 is 0 Å². The molecular weight excluding hydrogens is 334 g/mol. The lowest BCUT2D eigenvalue weighted by atomic mass is 10.0. The van der Waals surface area contributed by atoms with E-state index in [0.29, 0.717) is 11.1 Å². The van der Waals surface area contributed by atoms with Crippen molar-refractivity contribution in [2.24, 2.45) is 0 Å². The van der Waals surface area contributed by atoms with Crippen LogP contribution in [-0.2, 0) is 0 Å². The molecule has 0 saturated heterocycles. The zero-order chi connectivity index (χ0) is 19.2. The molecule has 3 aromatic rings. The number of aromatic carboxylic acids is 2. The Bertz CT molecular complexity index is 1070. The second kappa shape index (κ2) is 6.15. The third-order valence-electron chi connectivity index (χ3n) is 4.31. The number of hydrogen-bond acceptors (Lipinski definition) is 3. The van der Waals surface area contributed by atoms with Crippen molar-refractivity contribution < 1.29 is 24.6 Å². The van der Waals surface area contributed by atoms with Crippen LogP contribution in [0.1, 0.15) is 53.5 Å². The minimum absolute atomic E-state index is 0.152. The number of carboxylic acid groups (broad SMARTS) is 2. The van der Waals surface area contributed by atoms with E-state index in [2.05, 4.69) is 0 Å². The first kappa shape index (κ1) is 17.4. The maximum Gasteiger partial charge on any atom is 0.338 e. The Morgan fingerprint density at radius 1 is 0.846 bits per heavy atom. The van der Waals surface area contributed by atoms with Crippen LogP contribution < -0.4 is 0 Å². The van der Waals surface area contributed by atoms with Gasteiger partial charge in [-0.1, -0.05) is 35.9 Å². The van der Waals surface area contributed by atoms with Gasteiger partial charge in [0.05, 0.1) is 5.52 Å². The summed E-state index contributed by atoms with van der Waals surface area (Å²) in [4.78, 5) is 36.8. The van der Waals surface area contributed by atoms with E-state index in [0.717, 1.165) is 11.1 Å². The normalized spacial score (nSPS) is 10.9. The van der Waals surface area contributed by atoms with E-state index in [1.54, 1.807) is 50.4 Å². The lowest BCUT2D eigenvalue weighted by Gasteiger charge is -2.07. The van der Waals surface area contributed by atoms with E-state index in [1.165, 1.54) is 4.40 Å². The Morgan fingerprint density at radius 3 is 1.96 bits per heavy atom. The topological polar surface area (TPSA) is 96.1 Å². The first-order valence-electron chi connectivity index (χ1n) is 7.95. The number of carboxylic acids is 2. The summed E-state index contributed by atoms with van der Waals surface area (Å²) in [6.07, 6.45) is 1.59. The molecule has 2 N–H and O–H groups in total. The van der Waals surface area contributed by atoms with Crippen molar-refractivity contribution in [1.29, 1.82) is 0 Å². The molecular formula is C20H17NO5. The lowest BCUT2D eigenvalue weighted by molar-refractivity contribution is 0.0652. The van der Waals surface area contributed by atoms with E-state index in [1.807, 2.05) is 6.92 Å². The molecule has 0 spiro atoms. The molecule has 3 rings (SSSR count). The molecule has 0 saturated carbocycles. The number of aromatic nitrogens is 1. The minimum atomic E-state index is -1.45. The average molecular weight is 351 g/mol. The van der Waals surface area contributed by atoms with Crippen LogP contribution in [0.5, 0.6) is 0 Å². The van der Waals surface area contributed by atoms with Crippen LogP contribution in [-0.4, -0.2) is 32.3 Å². The minimum Gasteiger partial charge on any atom is -0.478 e. The van der Waals surface area contributed by atoms with Crippen LogP contribution in [0.15, 0.2) is 36.5 Å². The van der Waals surface area contributed by atoms with Gasteiger partial charge in [0.25, 0.3) is 0 Å². The summed E-state index contributed by atoms with van der Waals surface area (Å²) in [5.41, 5.74) is 1.84. The second-order valence-electron chi connectivity index (χ2n) is 6.32. The number of carbonyl (C=O) groups excluding carboxylic acids is 1. The summed E-state index contributed by atoms with van der Waals surface area (Å²) in [5.74, 6) is -3.36. The molecule has 0 amide bonds. The average Bonchev–Trinajstić information content (AvgIpc) is 2.90. The van der Waals surface area contributed by atoms with Crippen LogP contribution in [0.3, 0.4) is 0 Å². The first-order chi connectivity index (χ1) is 12.2. The molecule has 6 nitrogen and oxygen atoms in total. The fourth-order valence-corrected chi connectivity index (χ4v) is 3.24. The molecule has 6 heteroatoms. The monoisotopic (exact) mass is 351 g/mol. The van der Waals surface area contributed by atoms with Gasteiger partial charge in [0.1, 0.15) is 16.8 Å². The fourth-order valence-electron chi connectivity index (χ4n) is 3.24. The smallest absolute Gasteiger partial charge is 0.338 e. The molecule has 2 heterocycles. The molecule has 1 aromatic carbocycles. The Kier molecular flexibility index (Phi) is 4.12. The number of carbonyl (C=O) groups is 3. The van der Waals surface area contributed by atoms with Gasteiger partial charge in [0.2, 0.25) is 5.78 Å². The highest BCUT2D eigenvalue weighted by Crippen LogP contribution is 2.29. The molecule has 0 atom stereocenters. The molecule has 0 unspecified atom stereocenters. The van der Waals surface area contributed by atoms with Gasteiger partial charge in [-0.3, -0.25) is 4.79 Å². The summed E-state index contributed by atoms with van der Waals surface area (Å²) < 4.78 is 1.39. The van der Waals surface area contributed by atoms with Crippen molar-refractivity contribution in [2.45, 2.75) is 20.8 Å². The molecule has 0 aliphatic heterocycles. The van der Waals surface area contributed by atoms with Gasteiger partial charge in [-0.25, -0.2) is 9.59 Å². The summed E-state index contributed by atoms with van der Waals surface area (Å²) in [7, 11) is 0. The van der Waals surface area contributed by atoms with Gasteiger partial charge in [-0.2, -0.15) is 0 Å². The van der Waals surface area contributed by atoms with Crippen molar-refractivity contribution in [3.63, 3.8) is 0 Å². The Balaban J connectivity index is 2.45. The van der Waals surface area contributed by atoms with E-state index in [-0.39, 0.29) is 16.8 Å². The standard InChI is InChI=1S/C20H17NO5/c1-10-4-6-13(7-5-10)18(22)17-15(20(25)26)14(19(23)24)16-12(3)8-11(2)9-21(16)17/h4-9H,1-3H3,(H,23,24)(H,25,26). The number of hydrogen-bond donors (Lipinski definition) is 2. The Morgan fingerprint density at radius 2 is 1.42 bits per heavy atom. The van der Waals surface area contributed by atoms with Crippen molar-refractivity contribution in [3.05, 3.63) is 75.6 Å². The van der Waals surface area contributed by atoms with E-state index >= 15 is 0 Å². The first-order valence-corrected chi connectivity index (χ1v) is 7.95. The Hall–Kier alpha value is -3.41. The molecule has 0 aliphatic rings. The van der Waals surface area contributed by atoms with Gasteiger partial charge < -0.3 is 14.6 Å². The Labute approximate surface area is 149 Å². The fraction of sp³-hybridized carbons (Fsp3) is 0.150. The zero-order valence-electron chi connectivity index (χ0n) is 14.5. The molecule has 0 radical (unpaired) electrons. The predicted molar refractivity (Wildman–Crippen MR) is 95.4 cm³/mol. The van der Waals surface area contributed by atoms with E-state index in [9.17, 15) is 24.6 Å². The van der Waals surface area contributed by atoms with Crippen molar-refractivity contribution in [1.82, 2.24) is 4.40 Å². The van der Waals surface area contributed by atoms with Crippen LogP contribution in [0, 0.1) is 20.8 Å². The predicted octanol–water partition coefficient (Wildman–Crippen LogP) is 3.49. The highest BCUT2D eigenvalue weighted by Gasteiger charge is 2.32. The summed E-state index contributed by atoms with van der Waals surface area (Å²) >= 11 is 0. The number of nitrogens with zero attached hydrogens (tertiary/aromatic N) is 1. The number of ketones is 1. The second-order valence-corrected chi connectivity index (χ2v) is 6.32. The quantitative estimate of drug-likeness (QED) is 0.702. The van der Waals surface area contributed by atoms with Crippen molar-refractivity contribution >= 4 is 23.2 Å². The summed E-state index contributed by atoms with van der Waals surface area (Å²) in [5, 5.41) is 19.3. The molecule has 0 aliphatic carbocycles. The van der Waals surface area contributed by atoms with E-state index < -0.39 is 23.3 Å². The third-order valence-corrected chi connectivity index (χ3v) is 4.31. The number of pyridine rings is 1. The van der Waals surface area contributed by atoms with Crippen molar-refractivity contribution in [3.8, 4) is 0 Å². The zero-order valence-corrected chi connectivity index (χ0v) is 14.5. The maximum atomic E-state index is 13.1. The molecule has 132 valence electrons. The van der Waals surface area contributed by atoms with Gasteiger partial charge in [0.15, 0.2) is 0 Å².